The van der Waals surface area contributed by atoms with Gasteiger partial charge in [0.2, 0.25) is 0 Å². The second kappa shape index (κ2) is 8.41. The summed E-state index contributed by atoms with van der Waals surface area (Å²) in [6.45, 7) is 1.03. The lowest BCUT2D eigenvalue weighted by Gasteiger charge is -2.27. The maximum absolute atomic E-state index is 11.5. The second-order valence-electron chi connectivity index (χ2n) is 8.39. The molecule has 1 heterocycles. The number of nitro groups is 1. The molecule has 6 heteroatoms. The number of hydrogen-bond donors (Lipinski definition) is 0. The van der Waals surface area contributed by atoms with Gasteiger partial charge in [0, 0.05) is 29.2 Å². The van der Waals surface area contributed by atoms with E-state index in [4.69, 9.17) is 9.47 Å². The summed E-state index contributed by atoms with van der Waals surface area (Å²) in [6, 6.07) is 31.9. The standard InChI is InChI=1S/C28H22N2O4/c31-30(32)22-12-14-24-23-13-11-21(17-25(23)27(26(24)18-22)28-33-15-16-34-28)29(19-7-3-1-4-8-19)20-9-5-2-6-10-20/h1-14,17-18,27-28H,15-16H2. The van der Waals surface area contributed by atoms with Crippen molar-refractivity contribution in [2.45, 2.75) is 12.2 Å². The van der Waals surface area contributed by atoms with E-state index in [0.29, 0.717) is 13.2 Å². The summed E-state index contributed by atoms with van der Waals surface area (Å²) < 4.78 is 11.8. The predicted molar refractivity (Wildman–Crippen MR) is 131 cm³/mol. The molecular weight excluding hydrogens is 428 g/mol. The van der Waals surface area contributed by atoms with E-state index in [-0.39, 0.29) is 16.5 Å². The van der Waals surface area contributed by atoms with Crippen LogP contribution in [-0.4, -0.2) is 24.4 Å². The minimum atomic E-state index is -0.473. The lowest BCUT2D eigenvalue weighted by atomic mass is 9.95. The molecule has 0 amide bonds. The van der Waals surface area contributed by atoms with Gasteiger partial charge in [0.1, 0.15) is 0 Å². The minimum absolute atomic E-state index is 0.0741. The van der Waals surface area contributed by atoms with Gasteiger partial charge in [-0.15, -0.1) is 0 Å². The molecule has 34 heavy (non-hydrogen) atoms. The van der Waals surface area contributed by atoms with E-state index in [1.165, 1.54) is 0 Å². The molecular formula is C28H22N2O4. The number of nitrogens with zero attached hydrogens (tertiary/aromatic N) is 2. The van der Waals surface area contributed by atoms with Crippen molar-refractivity contribution in [1.29, 1.82) is 0 Å². The molecule has 1 aliphatic carbocycles. The molecule has 168 valence electrons. The Morgan fingerprint density at radius 3 is 1.85 bits per heavy atom. The summed E-state index contributed by atoms with van der Waals surface area (Å²) in [5.74, 6) is -0.235. The van der Waals surface area contributed by atoms with Crippen LogP contribution in [-0.2, 0) is 9.47 Å². The van der Waals surface area contributed by atoms with Gasteiger partial charge in [-0.05, 0) is 64.7 Å². The van der Waals surface area contributed by atoms with Crippen molar-refractivity contribution in [2.75, 3.05) is 18.1 Å². The van der Waals surface area contributed by atoms with Crippen LogP contribution in [0, 0.1) is 10.1 Å². The van der Waals surface area contributed by atoms with Gasteiger partial charge in [0.05, 0.1) is 24.1 Å². The summed E-state index contributed by atoms with van der Waals surface area (Å²) in [7, 11) is 0. The molecule has 1 saturated heterocycles. The predicted octanol–water partition coefficient (Wildman–Crippen LogP) is 6.55. The Bertz CT molecular complexity index is 1310. The van der Waals surface area contributed by atoms with Crippen LogP contribution in [0.25, 0.3) is 11.1 Å². The van der Waals surface area contributed by atoms with Crippen molar-refractivity contribution in [2.24, 2.45) is 0 Å². The number of anilines is 3. The average Bonchev–Trinajstić information content (AvgIpc) is 3.51. The topological polar surface area (TPSA) is 64.8 Å². The van der Waals surface area contributed by atoms with E-state index in [9.17, 15) is 10.1 Å². The summed E-state index contributed by atoms with van der Waals surface area (Å²) in [5, 5.41) is 11.5. The third-order valence-corrected chi connectivity index (χ3v) is 6.45. The third kappa shape index (κ3) is 3.44. The monoisotopic (exact) mass is 450 g/mol. The molecule has 1 atom stereocenters. The Labute approximate surface area is 197 Å². The van der Waals surface area contributed by atoms with Gasteiger partial charge >= 0.3 is 0 Å². The fraction of sp³-hybridized carbons (Fsp3) is 0.143. The third-order valence-electron chi connectivity index (χ3n) is 6.45. The van der Waals surface area contributed by atoms with E-state index < -0.39 is 6.29 Å². The van der Waals surface area contributed by atoms with Gasteiger partial charge < -0.3 is 14.4 Å². The highest BCUT2D eigenvalue weighted by molar-refractivity contribution is 5.85. The number of hydrogen-bond acceptors (Lipinski definition) is 5. The quantitative estimate of drug-likeness (QED) is 0.255. The Hall–Kier alpha value is -4.00. The first-order chi connectivity index (χ1) is 16.7. The van der Waals surface area contributed by atoms with Crippen LogP contribution in [0.5, 0.6) is 0 Å². The van der Waals surface area contributed by atoms with Crippen molar-refractivity contribution in [3.8, 4) is 11.1 Å². The molecule has 0 N–H and O–H groups in total. The van der Waals surface area contributed by atoms with Crippen LogP contribution >= 0.6 is 0 Å². The maximum Gasteiger partial charge on any atom is 0.269 e. The normalized spacial score (nSPS) is 16.8. The largest absolute Gasteiger partial charge is 0.349 e. The summed E-state index contributed by atoms with van der Waals surface area (Å²) in [5.41, 5.74) is 7.14. The van der Waals surface area contributed by atoms with Crippen molar-refractivity contribution < 1.29 is 14.4 Å². The van der Waals surface area contributed by atoms with Gasteiger partial charge in [0.25, 0.3) is 5.69 Å². The summed E-state index contributed by atoms with van der Waals surface area (Å²) in [4.78, 5) is 13.4. The second-order valence-corrected chi connectivity index (χ2v) is 8.39. The first-order valence-corrected chi connectivity index (χ1v) is 11.3. The van der Waals surface area contributed by atoms with Crippen LogP contribution in [0.3, 0.4) is 0 Å². The molecule has 6 rings (SSSR count). The van der Waals surface area contributed by atoms with Gasteiger partial charge in [-0.3, -0.25) is 10.1 Å². The van der Waals surface area contributed by atoms with E-state index in [2.05, 4.69) is 47.4 Å². The van der Waals surface area contributed by atoms with Crippen LogP contribution < -0.4 is 4.90 Å². The SMILES string of the molecule is O=[N+]([O-])c1ccc2c(c1)C(C1OCCO1)c1cc(N(c3ccccc3)c3ccccc3)ccc1-2. The molecule has 0 saturated carbocycles. The number of non-ortho nitro benzene ring substituents is 1. The number of benzene rings is 4. The molecule has 0 radical (unpaired) electrons. The molecule has 0 spiro atoms. The fourth-order valence-corrected chi connectivity index (χ4v) is 4.99. The zero-order valence-electron chi connectivity index (χ0n) is 18.3. The summed E-state index contributed by atoms with van der Waals surface area (Å²) >= 11 is 0. The highest BCUT2D eigenvalue weighted by atomic mass is 16.7. The molecule has 4 aromatic rings. The van der Waals surface area contributed by atoms with Crippen LogP contribution in [0.1, 0.15) is 17.0 Å². The summed E-state index contributed by atoms with van der Waals surface area (Å²) in [6.07, 6.45) is -0.473. The maximum atomic E-state index is 11.5. The van der Waals surface area contributed by atoms with E-state index >= 15 is 0 Å². The molecule has 4 aromatic carbocycles. The number of para-hydroxylation sites is 2. The molecule has 0 aromatic heterocycles. The van der Waals surface area contributed by atoms with Crippen LogP contribution in [0.4, 0.5) is 22.7 Å². The minimum Gasteiger partial charge on any atom is -0.349 e. The lowest BCUT2D eigenvalue weighted by Crippen LogP contribution is -2.19. The average molecular weight is 450 g/mol. The van der Waals surface area contributed by atoms with Crippen molar-refractivity contribution >= 4 is 22.7 Å². The number of rotatable bonds is 5. The van der Waals surface area contributed by atoms with Gasteiger partial charge in [0.15, 0.2) is 6.29 Å². The van der Waals surface area contributed by atoms with Crippen molar-refractivity contribution in [1.82, 2.24) is 0 Å². The Morgan fingerprint density at radius 1 is 0.706 bits per heavy atom. The Kier molecular flexibility index (Phi) is 5.09. The molecule has 0 bridgehead atoms. The molecule has 1 unspecified atom stereocenters. The van der Waals surface area contributed by atoms with E-state index in [1.54, 1.807) is 12.1 Å². The number of fused-ring (bicyclic) bond motifs is 3. The van der Waals surface area contributed by atoms with Gasteiger partial charge in [-0.25, -0.2) is 0 Å². The molecule has 1 fully saturated rings. The fourth-order valence-electron chi connectivity index (χ4n) is 4.99. The van der Waals surface area contributed by atoms with Crippen molar-refractivity contribution in [3.05, 3.63) is 118 Å². The first-order valence-electron chi connectivity index (χ1n) is 11.3. The molecule has 6 nitrogen and oxygen atoms in total. The van der Waals surface area contributed by atoms with Gasteiger partial charge in [-0.1, -0.05) is 42.5 Å². The van der Waals surface area contributed by atoms with Gasteiger partial charge in [-0.2, -0.15) is 0 Å². The van der Waals surface area contributed by atoms with Crippen LogP contribution in [0.15, 0.2) is 97.1 Å². The van der Waals surface area contributed by atoms with Crippen molar-refractivity contribution in [3.63, 3.8) is 0 Å². The zero-order valence-corrected chi connectivity index (χ0v) is 18.3. The van der Waals surface area contributed by atoms with Crippen LogP contribution in [0.2, 0.25) is 0 Å². The highest BCUT2D eigenvalue weighted by Crippen LogP contribution is 2.50. The number of ether oxygens (including phenoxy) is 2. The van der Waals surface area contributed by atoms with E-state index in [0.717, 1.165) is 39.3 Å². The Morgan fingerprint density at radius 2 is 1.26 bits per heavy atom. The first kappa shape index (κ1) is 20.6. The van der Waals surface area contributed by atoms with E-state index in [1.807, 2.05) is 42.5 Å². The zero-order chi connectivity index (χ0) is 23.1. The number of nitro benzene ring substituents is 1. The molecule has 2 aliphatic rings. The lowest BCUT2D eigenvalue weighted by molar-refractivity contribution is -0.384. The highest BCUT2D eigenvalue weighted by Gasteiger charge is 2.39. The smallest absolute Gasteiger partial charge is 0.269 e. The molecule has 1 aliphatic heterocycles. The Balaban J connectivity index is 1.52.